The third-order valence-electron chi connectivity index (χ3n) is 3.22. The minimum absolute atomic E-state index is 0. The Balaban J connectivity index is 0.00000144. The SMILES string of the molecule is C=CCC[C@H](c1ccc[nH]1)N1CCNCC1.Cl.Cl. The van der Waals surface area contributed by atoms with Crippen molar-refractivity contribution in [1.29, 1.82) is 0 Å². The molecular weight excluding hydrogens is 269 g/mol. The van der Waals surface area contributed by atoms with Crippen molar-refractivity contribution >= 4 is 24.8 Å². The first-order valence-electron chi connectivity index (χ1n) is 6.11. The summed E-state index contributed by atoms with van der Waals surface area (Å²) in [7, 11) is 0. The molecule has 0 unspecified atom stereocenters. The number of nitrogens with zero attached hydrogens (tertiary/aromatic N) is 1. The van der Waals surface area contributed by atoms with Crippen molar-refractivity contribution < 1.29 is 0 Å². The minimum atomic E-state index is 0. The van der Waals surface area contributed by atoms with Gasteiger partial charge in [0.1, 0.15) is 0 Å². The van der Waals surface area contributed by atoms with Crippen LogP contribution in [0.4, 0.5) is 0 Å². The van der Waals surface area contributed by atoms with Crippen LogP contribution in [0.2, 0.25) is 0 Å². The molecule has 3 nitrogen and oxygen atoms in total. The Morgan fingerprint density at radius 2 is 2.06 bits per heavy atom. The van der Waals surface area contributed by atoms with Crippen LogP contribution in [0.3, 0.4) is 0 Å². The summed E-state index contributed by atoms with van der Waals surface area (Å²) < 4.78 is 0. The molecule has 0 amide bonds. The van der Waals surface area contributed by atoms with E-state index < -0.39 is 0 Å². The maximum Gasteiger partial charge on any atom is 0.0502 e. The second-order valence-electron chi connectivity index (χ2n) is 4.29. The molecule has 1 aliphatic heterocycles. The highest BCUT2D eigenvalue weighted by Gasteiger charge is 2.21. The normalized spacial score (nSPS) is 17.3. The van der Waals surface area contributed by atoms with Gasteiger partial charge in [0.05, 0.1) is 6.04 Å². The molecule has 18 heavy (non-hydrogen) atoms. The highest BCUT2D eigenvalue weighted by atomic mass is 35.5. The van der Waals surface area contributed by atoms with Crippen LogP contribution in [-0.4, -0.2) is 36.1 Å². The quantitative estimate of drug-likeness (QED) is 0.818. The third-order valence-corrected chi connectivity index (χ3v) is 3.22. The Labute approximate surface area is 122 Å². The smallest absolute Gasteiger partial charge is 0.0502 e. The number of nitrogens with one attached hydrogen (secondary N) is 2. The van der Waals surface area contributed by atoms with E-state index in [4.69, 9.17) is 0 Å². The Kier molecular flexibility index (Phi) is 9.20. The minimum Gasteiger partial charge on any atom is -0.364 e. The van der Waals surface area contributed by atoms with Crippen LogP contribution in [0.5, 0.6) is 0 Å². The van der Waals surface area contributed by atoms with Crippen LogP contribution >= 0.6 is 24.8 Å². The van der Waals surface area contributed by atoms with Crippen molar-refractivity contribution in [1.82, 2.24) is 15.2 Å². The van der Waals surface area contributed by atoms with E-state index in [1.165, 1.54) is 5.69 Å². The number of allylic oxidation sites excluding steroid dienone is 1. The zero-order chi connectivity index (χ0) is 11.2. The summed E-state index contributed by atoms with van der Waals surface area (Å²) in [4.78, 5) is 5.91. The molecule has 0 aromatic carbocycles. The summed E-state index contributed by atoms with van der Waals surface area (Å²) in [6, 6.07) is 4.80. The summed E-state index contributed by atoms with van der Waals surface area (Å²) in [6.07, 6.45) is 6.26. The van der Waals surface area contributed by atoms with Crippen LogP contribution in [0.25, 0.3) is 0 Å². The Hall–Kier alpha value is -0.480. The predicted molar refractivity (Wildman–Crippen MR) is 81.9 cm³/mol. The van der Waals surface area contributed by atoms with E-state index in [0.29, 0.717) is 6.04 Å². The number of aromatic amines is 1. The van der Waals surface area contributed by atoms with Gasteiger partial charge in [0.2, 0.25) is 0 Å². The van der Waals surface area contributed by atoms with E-state index in [-0.39, 0.29) is 24.8 Å². The first-order chi connectivity index (χ1) is 7.92. The van der Waals surface area contributed by atoms with Crippen molar-refractivity contribution in [3.05, 3.63) is 36.7 Å². The zero-order valence-corrected chi connectivity index (χ0v) is 12.2. The molecule has 2 N–H and O–H groups in total. The van der Waals surface area contributed by atoms with Crippen molar-refractivity contribution in [3.63, 3.8) is 0 Å². The van der Waals surface area contributed by atoms with Gasteiger partial charge >= 0.3 is 0 Å². The molecule has 104 valence electrons. The largest absolute Gasteiger partial charge is 0.364 e. The van der Waals surface area contributed by atoms with Crippen LogP contribution in [0.15, 0.2) is 31.0 Å². The summed E-state index contributed by atoms with van der Waals surface area (Å²) in [5.74, 6) is 0. The number of H-pyrrole nitrogens is 1. The molecule has 2 heterocycles. The number of rotatable bonds is 5. The van der Waals surface area contributed by atoms with Gasteiger partial charge in [-0.05, 0) is 25.0 Å². The van der Waals surface area contributed by atoms with E-state index in [0.717, 1.165) is 39.0 Å². The van der Waals surface area contributed by atoms with Gasteiger partial charge in [-0.3, -0.25) is 4.90 Å². The lowest BCUT2D eigenvalue weighted by Gasteiger charge is -2.34. The topological polar surface area (TPSA) is 31.1 Å². The van der Waals surface area contributed by atoms with E-state index in [9.17, 15) is 0 Å². The fourth-order valence-corrected chi connectivity index (χ4v) is 2.36. The molecule has 1 atom stereocenters. The number of hydrogen-bond acceptors (Lipinski definition) is 2. The monoisotopic (exact) mass is 291 g/mol. The fourth-order valence-electron chi connectivity index (χ4n) is 2.36. The van der Waals surface area contributed by atoms with Crippen LogP contribution in [-0.2, 0) is 0 Å². The Morgan fingerprint density at radius 3 is 2.61 bits per heavy atom. The van der Waals surface area contributed by atoms with Gasteiger partial charge in [0.15, 0.2) is 0 Å². The number of piperazine rings is 1. The van der Waals surface area contributed by atoms with Gasteiger partial charge < -0.3 is 10.3 Å². The predicted octanol–water partition coefficient (Wildman–Crippen LogP) is 2.77. The number of halogens is 2. The standard InChI is InChI=1S/C13H21N3.2ClH/c1-2-3-6-13(12-5-4-7-15-12)16-10-8-14-9-11-16;;/h2,4-5,7,13-15H,1,3,6,8-11H2;2*1H/t13-;;/m1../s1. The molecule has 1 saturated heterocycles. The van der Waals surface area contributed by atoms with E-state index in [1.807, 2.05) is 12.3 Å². The van der Waals surface area contributed by atoms with Gasteiger partial charge in [0, 0.05) is 38.1 Å². The lowest BCUT2D eigenvalue weighted by Crippen LogP contribution is -2.45. The third kappa shape index (κ3) is 4.65. The van der Waals surface area contributed by atoms with E-state index in [2.05, 4.69) is 33.9 Å². The van der Waals surface area contributed by atoms with Gasteiger partial charge in [-0.25, -0.2) is 0 Å². The van der Waals surface area contributed by atoms with Crippen LogP contribution in [0, 0.1) is 0 Å². The molecule has 1 aromatic rings. The second kappa shape index (κ2) is 9.45. The van der Waals surface area contributed by atoms with Gasteiger partial charge in [-0.1, -0.05) is 6.08 Å². The van der Waals surface area contributed by atoms with Gasteiger partial charge in [-0.2, -0.15) is 0 Å². The first-order valence-corrected chi connectivity index (χ1v) is 6.11. The first kappa shape index (κ1) is 17.5. The molecule has 0 radical (unpaired) electrons. The molecule has 0 aliphatic carbocycles. The molecule has 1 aliphatic rings. The summed E-state index contributed by atoms with van der Waals surface area (Å²) in [5, 5.41) is 3.40. The maximum atomic E-state index is 3.82. The van der Waals surface area contributed by atoms with Crippen molar-refractivity contribution in [2.45, 2.75) is 18.9 Å². The van der Waals surface area contributed by atoms with E-state index in [1.54, 1.807) is 0 Å². The fraction of sp³-hybridized carbons (Fsp3) is 0.538. The molecule has 0 spiro atoms. The summed E-state index contributed by atoms with van der Waals surface area (Å²) in [5.41, 5.74) is 1.34. The number of hydrogen-bond donors (Lipinski definition) is 2. The summed E-state index contributed by atoms with van der Waals surface area (Å²) >= 11 is 0. The highest BCUT2D eigenvalue weighted by Crippen LogP contribution is 2.24. The molecule has 0 bridgehead atoms. The zero-order valence-electron chi connectivity index (χ0n) is 10.6. The van der Waals surface area contributed by atoms with Crippen LogP contribution in [0.1, 0.15) is 24.6 Å². The highest BCUT2D eigenvalue weighted by molar-refractivity contribution is 5.85. The van der Waals surface area contributed by atoms with E-state index >= 15 is 0 Å². The van der Waals surface area contributed by atoms with Crippen molar-refractivity contribution in [2.24, 2.45) is 0 Å². The van der Waals surface area contributed by atoms with Crippen molar-refractivity contribution in [2.75, 3.05) is 26.2 Å². The Morgan fingerprint density at radius 1 is 1.33 bits per heavy atom. The van der Waals surface area contributed by atoms with Crippen molar-refractivity contribution in [3.8, 4) is 0 Å². The Bertz CT molecular complexity index is 308. The molecule has 0 saturated carbocycles. The average Bonchev–Trinajstić information content (AvgIpc) is 2.85. The molecule has 2 rings (SSSR count). The second-order valence-corrected chi connectivity index (χ2v) is 4.29. The molecule has 1 fully saturated rings. The lowest BCUT2D eigenvalue weighted by molar-refractivity contribution is 0.163. The molecule has 5 heteroatoms. The van der Waals surface area contributed by atoms with Gasteiger partial charge in [0.25, 0.3) is 0 Å². The van der Waals surface area contributed by atoms with Gasteiger partial charge in [-0.15, -0.1) is 31.4 Å². The molecular formula is C13H23Cl2N3. The average molecular weight is 292 g/mol. The molecule has 1 aromatic heterocycles. The lowest BCUT2D eigenvalue weighted by atomic mass is 10.1. The maximum absolute atomic E-state index is 3.82. The number of aromatic nitrogens is 1. The summed E-state index contributed by atoms with van der Waals surface area (Å²) in [6.45, 7) is 8.30. The van der Waals surface area contributed by atoms with Crippen LogP contribution < -0.4 is 5.32 Å².